The zero-order chi connectivity index (χ0) is 67.1. The minimum atomic E-state index is -1.93. The van der Waals surface area contributed by atoms with E-state index in [9.17, 15) is 54.3 Å². The molecule has 13 rings (SSSR count). The van der Waals surface area contributed by atoms with Crippen molar-refractivity contribution in [2.75, 3.05) is 58.4 Å². The molecule has 6 aliphatic rings. The molecule has 5 fully saturated rings. The number of likely N-dealkylation sites (N-methyl/N-ethyl adjacent to an activating group) is 1. The summed E-state index contributed by atoms with van der Waals surface area (Å²) < 4.78 is 38.6. The van der Waals surface area contributed by atoms with E-state index >= 15 is 0 Å². The Hall–Kier alpha value is -9.16. The van der Waals surface area contributed by atoms with Gasteiger partial charge in [-0.15, -0.1) is 0 Å². The zero-order valence-electron chi connectivity index (χ0n) is 52.7. The number of aromatic nitrogens is 5. The molecule has 500 valence electrons. The Labute approximate surface area is 548 Å². The highest BCUT2D eigenvalue weighted by atomic mass is 32.1. The van der Waals surface area contributed by atoms with Gasteiger partial charge in [0.1, 0.15) is 43.0 Å². The molecule has 27 nitrogen and oxygen atoms in total. The molecular weight excluding hydrogens is 1250 g/mol. The fraction of sp³-hybridized carbons (Fsp3) is 0.433. The van der Waals surface area contributed by atoms with Crippen LogP contribution in [0.4, 0.5) is 9.93 Å². The monoisotopic (exact) mass is 1320 g/mol. The summed E-state index contributed by atoms with van der Waals surface area (Å²) >= 11 is 1.38. The molecule has 4 amide bonds. The van der Waals surface area contributed by atoms with Gasteiger partial charge < -0.3 is 69.2 Å². The van der Waals surface area contributed by atoms with Gasteiger partial charge >= 0.3 is 18.0 Å². The van der Waals surface area contributed by atoms with Crippen LogP contribution in [0, 0.1) is 28.6 Å². The van der Waals surface area contributed by atoms with Gasteiger partial charge in [0.05, 0.1) is 70.1 Å². The summed E-state index contributed by atoms with van der Waals surface area (Å²) in [5.74, 6) is -3.72. The smallest absolute Gasteiger partial charge is 0.409 e. The number of nitrogens with one attached hydrogen (secondary N) is 4. The number of rotatable bonds is 26. The number of aliphatic carboxylic acids is 1. The van der Waals surface area contributed by atoms with E-state index in [2.05, 4.69) is 34.4 Å². The number of pyridine rings is 1. The van der Waals surface area contributed by atoms with Crippen LogP contribution in [0.1, 0.15) is 90.9 Å². The molecule has 3 aromatic carbocycles. The Morgan fingerprint density at radius 3 is 2.37 bits per heavy atom. The quantitative estimate of drug-likeness (QED) is 0.0115. The van der Waals surface area contributed by atoms with E-state index in [4.69, 9.17) is 43.9 Å². The molecule has 1 saturated heterocycles. The summed E-state index contributed by atoms with van der Waals surface area (Å²) in [6.45, 7) is 7.83. The number of amides is 4. The average molecular weight is 1320 g/mol. The standard InChI is InChI=1S/C67H74N10O17S/c1-37-43(41-14-15-44(71-53(41)59(84)85)46-26-38-8-7-9-42(52(38)72-46)58(83)74-62-73-45-10-5-6-11-48(45)95-62)28-70-77(37)36-66-31-64(2)30-65(3,32-66)34-67(33-64,35-66)92-23-21-75(4)63(88)91-29-39-12-13-40(93-61-56(82)54(80)55(81)57(94-61)60(86)87)27-47(39)90-25-24-89-22-19-69-49(68)18-20-76-50(78)16-17-51(76)79/h5-17,26-28,54-57,61,72,80-82H,18-25,29-36H2,1-4H3,(H2,68,69)(H,84,85)(H,86,87)(H,73,74,83)/t54-,55-,56+,57-,61+,64?,65?,66?,67?/m0/s1. The van der Waals surface area contributed by atoms with Crippen LogP contribution in [-0.4, -0.2) is 191 Å². The number of carbonyl (C=O) groups is 6. The number of hydrogen-bond donors (Lipinski definition) is 9. The number of aliphatic hydroxyl groups is 3. The molecule has 4 aliphatic carbocycles. The molecule has 0 radical (unpaired) electrons. The number of nitrogens with zero attached hydrogens (tertiary/aromatic N) is 6. The first kappa shape index (κ1) is 65.9. The first-order valence-corrected chi connectivity index (χ1v) is 32.1. The summed E-state index contributed by atoms with van der Waals surface area (Å²) in [5, 5.41) is 71.6. The molecule has 28 heteroatoms. The van der Waals surface area contributed by atoms with Crippen LogP contribution in [0.5, 0.6) is 11.5 Å². The maximum absolute atomic E-state index is 13.7. The van der Waals surface area contributed by atoms with Gasteiger partial charge in [-0.2, -0.15) is 5.10 Å². The van der Waals surface area contributed by atoms with Crippen LogP contribution >= 0.6 is 11.3 Å². The molecule has 4 bridgehead atoms. The number of anilines is 1. The van der Waals surface area contributed by atoms with E-state index in [1.54, 1.807) is 37.5 Å². The van der Waals surface area contributed by atoms with Crippen molar-refractivity contribution in [2.45, 2.75) is 115 Å². The normalized spacial score (nSPS) is 25.1. The van der Waals surface area contributed by atoms with Gasteiger partial charge in [0.25, 0.3) is 17.7 Å². The molecule has 4 aromatic heterocycles. The number of amidine groups is 1. The van der Waals surface area contributed by atoms with Crippen molar-refractivity contribution in [3.05, 3.63) is 120 Å². The number of carboxylic acid groups (broad SMARTS) is 2. The number of aliphatic hydroxyl groups excluding tert-OH is 3. The van der Waals surface area contributed by atoms with Crippen LogP contribution in [0.15, 0.2) is 97.2 Å². The van der Waals surface area contributed by atoms with Crippen LogP contribution < -0.4 is 20.1 Å². The number of aromatic carboxylic acids is 1. The lowest BCUT2D eigenvalue weighted by Crippen LogP contribution is -2.64. The van der Waals surface area contributed by atoms with Crippen molar-refractivity contribution in [1.82, 2.24) is 39.8 Å². The van der Waals surface area contributed by atoms with E-state index in [-0.39, 0.29) is 104 Å². The number of imide groups is 1. The molecular formula is C67H74N10O17S. The molecule has 2 aliphatic heterocycles. The lowest BCUT2D eigenvalue weighted by atomic mass is 9.39. The van der Waals surface area contributed by atoms with Gasteiger partial charge in [-0.1, -0.05) is 49.4 Å². The number of aromatic amines is 1. The minimum absolute atomic E-state index is 0.0102. The van der Waals surface area contributed by atoms with Gasteiger partial charge in [0.2, 0.25) is 6.29 Å². The zero-order valence-corrected chi connectivity index (χ0v) is 53.5. The molecule has 4 saturated carbocycles. The Bertz CT molecular complexity index is 4110. The largest absolute Gasteiger partial charge is 0.491 e. The Kier molecular flexibility index (Phi) is 18.4. The number of para-hydroxylation sites is 2. The molecule has 95 heavy (non-hydrogen) atoms. The van der Waals surface area contributed by atoms with Crippen LogP contribution in [0.3, 0.4) is 0 Å². The van der Waals surface area contributed by atoms with Crippen molar-refractivity contribution in [2.24, 2.45) is 16.2 Å². The number of hydrogen-bond acceptors (Lipinski definition) is 20. The van der Waals surface area contributed by atoms with E-state index in [1.165, 1.54) is 46.6 Å². The van der Waals surface area contributed by atoms with Gasteiger partial charge in [-0.05, 0) is 110 Å². The van der Waals surface area contributed by atoms with Gasteiger partial charge in [0.15, 0.2) is 16.9 Å². The summed E-state index contributed by atoms with van der Waals surface area (Å²) in [5.41, 5.74) is 4.00. The molecule has 2 unspecified atom stereocenters. The summed E-state index contributed by atoms with van der Waals surface area (Å²) in [4.78, 5) is 91.0. The second kappa shape index (κ2) is 26.6. The number of carboxylic acids is 2. The maximum Gasteiger partial charge on any atom is 0.409 e. The summed E-state index contributed by atoms with van der Waals surface area (Å²) in [6.07, 6.45) is -0.358. The highest BCUT2D eigenvalue weighted by Gasteiger charge is 2.66. The van der Waals surface area contributed by atoms with E-state index in [1.807, 2.05) is 48.0 Å². The fourth-order valence-corrected chi connectivity index (χ4v) is 16.2. The lowest BCUT2D eigenvalue weighted by molar-refractivity contribution is -0.271. The van der Waals surface area contributed by atoms with E-state index < -0.39 is 66.2 Å². The number of carbonyl (C=O) groups excluding carboxylic acids is 4. The number of thiazole rings is 1. The van der Waals surface area contributed by atoms with Crippen LogP contribution in [0.2, 0.25) is 0 Å². The van der Waals surface area contributed by atoms with Crippen LogP contribution in [0.25, 0.3) is 43.6 Å². The second-order valence-corrected chi connectivity index (χ2v) is 27.2. The number of fused-ring (bicyclic) bond motifs is 2. The predicted octanol–water partition coefficient (Wildman–Crippen LogP) is 6.91. The van der Waals surface area contributed by atoms with Crippen molar-refractivity contribution >= 4 is 79.2 Å². The number of H-pyrrole nitrogens is 1. The predicted molar refractivity (Wildman–Crippen MR) is 344 cm³/mol. The van der Waals surface area contributed by atoms with Gasteiger partial charge in [-0.3, -0.25) is 34.7 Å². The summed E-state index contributed by atoms with van der Waals surface area (Å²) in [7, 11) is 1.61. The minimum Gasteiger partial charge on any atom is -0.491 e. The lowest BCUT2D eigenvalue weighted by Gasteiger charge is -2.69. The second-order valence-electron chi connectivity index (χ2n) is 26.2. The number of benzene rings is 3. The van der Waals surface area contributed by atoms with Crippen molar-refractivity contribution < 1.29 is 82.7 Å². The molecule has 9 N–H and O–H groups in total. The topological polar surface area (TPSA) is 373 Å². The van der Waals surface area contributed by atoms with E-state index in [0.29, 0.717) is 50.8 Å². The summed E-state index contributed by atoms with van der Waals surface area (Å²) in [6, 6.07) is 22.8. The molecule has 7 atom stereocenters. The Balaban J connectivity index is 0.671. The van der Waals surface area contributed by atoms with Crippen molar-refractivity contribution in [3.63, 3.8) is 0 Å². The maximum atomic E-state index is 13.7. The highest BCUT2D eigenvalue weighted by Crippen LogP contribution is 2.72. The average Bonchev–Trinajstić information content (AvgIpc) is 1.08. The third-order valence-corrected chi connectivity index (χ3v) is 19.4. The first-order chi connectivity index (χ1) is 45.4. The Morgan fingerprint density at radius 2 is 1.62 bits per heavy atom. The van der Waals surface area contributed by atoms with Crippen molar-refractivity contribution in [3.8, 4) is 34.0 Å². The fourth-order valence-electron chi connectivity index (χ4n) is 15.3. The van der Waals surface area contributed by atoms with Crippen molar-refractivity contribution in [1.29, 1.82) is 5.41 Å². The SMILES string of the molecule is Cc1c(-c2ccc(-c3cc4cccc(C(=O)Nc5nc6ccccc6s5)c4[nH]3)nc2C(=O)O)cnn1CC12CC3(C)CC(C)(C1)CC(OCCN(C)C(=O)OCc1ccc(O[C@@H]4O[C@H](C(=O)O)[C@@H](O)[C@H](O)[C@H]4O)cc1OCCOCCNC(=N)CCN1C(=O)C=CC1=O)(C3)C2. The molecule has 0 spiro atoms. The van der Waals surface area contributed by atoms with E-state index in [0.717, 1.165) is 64.7 Å². The highest BCUT2D eigenvalue weighted by molar-refractivity contribution is 7.22. The van der Waals surface area contributed by atoms with Crippen LogP contribution in [-0.2, 0) is 46.5 Å². The Morgan fingerprint density at radius 1 is 0.853 bits per heavy atom. The van der Waals surface area contributed by atoms with Gasteiger partial charge in [-0.25, -0.2) is 24.4 Å². The van der Waals surface area contributed by atoms with Gasteiger partial charge in [0, 0.05) is 85.6 Å². The molecule has 7 aromatic rings. The molecule has 6 heterocycles. The first-order valence-electron chi connectivity index (χ1n) is 31.2. The number of ether oxygens (including phenoxy) is 6. The third-order valence-electron chi connectivity index (χ3n) is 18.5. The third kappa shape index (κ3) is 14.0.